The first-order valence-corrected chi connectivity index (χ1v) is 7.99. The van der Waals surface area contributed by atoms with Crippen molar-refractivity contribution in [1.29, 1.82) is 0 Å². The molecule has 20 heavy (non-hydrogen) atoms. The van der Waals surface area contributed by atoms with E-state index in [1.807, 2.05) is 6.07 Å². The zero-order valence-electron chi connectivity index (χ0n) is 13.1. The normalized spacial score (nSPS) is 18.4. The van der Waals surface area contributed by atoms with Crippen LogP contribution < -0.4 is 5.32 Å². The molecule has 1 aromatic carbocycles. The van der Waals surface area contributed by atoms with E-state index in [1.54, 1.807) is 12.1 Å². The first kappa shape index (κ1) is 15.5. The van der Waals surface area contributed by atoms with Crippen LogP contribution in [-0.4, -0.2) is 12.6 Å². The average Bonchev–Trinajstić information content (AvgIpc) is 2.42. The molecule has 0 unspecified atom stereocenters. The van der Waals surface area contributed by atoms with Gasteiger partial charge in [-0.05, 0) is 54.9 Å². The summed E-state index contributed by atoms with van der Waals surface area (Å²) >= 11 is 0. The highest BCUT2D eigenvalue weighted by Crippen LogP contribution is 2.39. The highest BCUT2D eigenvalue weighted by molar-refractivity contribution is 5.28. The van der Waals surface area contributed by atoms with Crippen molar-refractivity contribution in [3.05, 3.63) is 35.1 Å². The summed E-state index contributed by atoms with van der Waals surface area (Å²) in [6.45, 7) is 7.55. The molecule has 0 aliphatic heterocycles. The zero-order valence-corrected chi connectivity index (χ0v) is 13.1. The Balaban J connectivity index is 2.16. The lowest BCUT2D eigenvalue weighted by Crippen LogP contribution is -2.40. The first-order chi connectivity index (χ1) is 9.51. The molecule has 1 N–H and O–H groups in total. The molecule has 1 aliphatic carbocycles. The van der Waals surface area contributed by atoms with Crippen molar-refractivity contribution in [3.63, 3.8) is 0 Å². The average molecular weight is 277 g/mol. The molecule has 0 atom stereocenters. The summed E-state index contributed by atoms with van der Waals surface area (Å²) in [5, 5.41) is 3.62. The molecule has 0 heterocycles. The fourth-order valence-corrected chi connectivity index (χ4v) is 3.37. The number of rotatable bonds is 5. The molecular weight excluding hydrogens is 249 g/mol. The molecule has 1 saturated carbocycles. The minimum atomic E-state index is -0.103. The molecule has 0 bridgehead atoms. The third-order valence-corrected chi connectivity index (χ3v) is 4.68. The Hall–Kier alpha value is -0.890. The maximum atomic E-state index is 13.5. The van der Waals surface area contributed by atoms with Crippen LogP contribution in [0.1, 0.15) is 57.1 Å². The summed E-state index contributed by atoms with van der Waals surface area (Å²) in [6, 6.07) is 5.74. The van der Waals surface area contributed by atoms with Crippen LogP contribution in [0.15, 0.2) is 18.2 Å². The number of hydrogen-bond acceptors (Lipinski definition) is 1. The molecular formula is C18H28FN. The SMILES string of the molecule is Cc1ccc(F)cc1CC1(CNC(C)C)CCCCC1. The predicted octanol–water partition coefficient (Wildman–Crippen LogP) is 4.63. The summed E-state index contributed by atoms with van der Waals surface area (Å²) in [5.74, 6) is -0.103. The maximum absolute atomic E-state index is 13.5. The molecule has 2 rings (SSSR count). The third-order valence-electron chi connectivity index (χ3n) is 4.68. The van der Waals surface area contributed by atoms with Crippen LogP contribution in [0.4, 0.5) is 4.39 Å². The van der Waals surface area contributed by atoms with E-state index in [9.17, 15) is 4.39 Å². The first-order valence-electron chi connectivity index (χ1n) is 7.99. The molecule has 0 aromatic heterocycles. The highest BCUT2D eigenvalue weighted by atomic mass is 19.1. The van der Waals surface area contributed by atoms with Crippen LogP contribution in [-0.2, 0) is 6.42 Å². The van der Waals surface area contributed by atoms with Gasteiger partial charge >= 0.3 is 0 Å². The van der Waals surface area contributed by atoms with E-state index in [-0.39, 0.29) is 5.82 Å². The van der Waals surface area contributed by atoms with Crippen LogP contribution in [0.2, 0.25) is 0 Å². The second-order valence-electron chi connectivity index (χ2n) is 6.84. The Labute approximate surface area is 123 Å². The van der Waals surface area contributed by atoms with Gasteiger partial charge in [0.1, 0.15) is 5.82 Å². The number of benzene rings is 1. The van der Waals surface area contributed by atoms with E-state index >= 15 is 0 Å². The number of hydrogen-bond donors (Lipinski definition) is 1. The predicted molar refractivity (Wildman–Crippen MR) is 83.5 cm³/mol. The summed E-state index contributed by atoms with van der Waals surface area (Å²) < 4.78 is 13.5. The lowest BCUT2D eigenvalue weighted by atomic mass is 9.69. The molecule has 2 heteroatoms. The van der Waals surface area contributed by atoms with Gasteiger partial charge in [0.15, 0.2) is 0 Å². The van der Waals surface area contributed by atoms with Gasteiger partial charge in [-0.25, -0.2) is 4.39 Å². The molecule has 1 nitrogen and oxygen atoms in total. The monoisotopic (exact) mass is 277 g/mol. The van der Waals surface area contributed by atoms with Crippen molar-refractivity contribution in [2.24, 2.45) is 5.41 Å². The zero-order chi connectivity index (χ0) is 14.6. The van der Waals surface area contributed by atoms with E-state index in [4.69, 9.17) is 0 Å². The van der Waals surface area contributed by atoms with Gasteiger partial charge in [0.05, 0.1) is 0 Å². The van der Waals surface area contributed by atoms with Crippen molar-refractivity contribution in [1.82, 2.24) is 5.32 Å². The van der Waals surface area contributed by atoms with Crippen LogP contribution in [0, 0.1) is 18.2 Å². The van der Waals surface area contributed by atoms with Crippen molar-refractivity contribution in [2.75, 3.05) is 6.54 Å². The van der Waals surface area contributed by atoms with E-state index in [0.29, 0.717) is 11.5 Å². The van der Waals surface area contributed by atoms with E-state index in [1.165, 1.54) is 43.2 Å². The summed E-state index contributed by atoms with van der Waals surface area (Å²) in [4.78, 5) is 0. The molecule has 1 fully saturated rings. The minimum Gasteiger partial charge on any atom is -0.314 e. The van der Waals surface area contributed by atoms with Gasteiger partial charge in [-0.3, -0.25) is 0 Å². The fourth-order valence-electron chi connectivity index (χ4n) is 3.37. The van der Waals surface area contributed by atoms with Gasteiger partial charge in [-0.15, -0.1) is 0 Å². The molecule has 1 aromatic rings. The van der Waals surface area contributed by atoms with Gasteiger partial charge in [-0.1, -0.05) is 39.2 Å². The number of nitrogens with one attached hydrogen (secondary N) is 1. The van der Waals surface area contributed by atoms with Gasteiger partial charge in [-0.2, -0.15) is 0 Å². The summed E-state index contributed by atoms with van der Waals surface area (Å²) in [7, 11) is 0. The van der Waals surface area contributed by atoms with E-state index < -0.39 is 0 Å². The molecule has 1 aliphatic rings. The number of halogens is 1. The van der Waals surface area contributed by atoms with Gasteiger partial charge in [0, 0.05) is 12.6 Å². The Kier molecular flexibility index (Phi) is 5.20. The topological polar surface area (TPSA) is 12.0 Å². The quantitative estimate of drug-likeness (QED) is 0.827. The molecule has 0 saturated heterocycles. The standard InChI is InChI=1S/C18H28FN/c1-14(2)20-13-18(9-5-4-6-10-18)12-16-11-17(19)8-7-15(16)3/h7-8,11,14,20H,4-6,9-10,12-13H2,1-3H3. The molecule has 0 amide bonds. The Morgan fingerprint density at radius 3 is 2.55 bits per heavy atom. The fraction of sp³-hybridized carbons (Fsp3) is 0.667. The number of aryl methyl sites for hydroxylation is 1. The van der Waals surface area contributed by atoms with Crippen LogP contribution in [0.5, 0.6) is 0 Å². The summed E-state index contributed by atoms with van der Waals surface area (Å²) in [5.41, 5.74) is 2.74. The second-order valence-corrected chi connectivity index (χ2v) is 6.84. The largest absolute Gasteiger partial charge is 0.314 e. The van der Waals surface area contributed by atoms with Crippen molar-refractivity contribution >= 4 is 0 Å². The lowest BCUT2D eigenvalue weighted by Gasteiger charge is -2.39. The van der Waals surface area contributed by atoms with Crippen LogP contribution in [0.25, 0.3) is 0 Å². The van der Waals surface area contributed by atoms with Gasteiger partial charge in [0.25, 0.3) is 0 Å². The molecule has 0 spiro atoms. The molecule has 112 valence electrons. The third kappa shape index (κ3) is 4.05. The van der Waals surface area contributed by atoms with E-state index in [2.05, 4.69) is 26.1 Å². The maximum Gasteiger partial charge on any atom is 0.123 e. The van der Waals surface area contributed by atoms with Crippen LogP contribution >= 0.6 is 0 Å². The van der Waals surface area contributed by atoms with Crippen molar-refractivity contribution < 1.29 is 4.39 Å². The van der Waals surface area contributed by atoms with Gasteiger partial charge < -0.3 is 5.32 Å². The van der Waals surface area contributed by atoms with Crippen molar-refractivity contribution in [2.45, 2.75) is 65.3 Å². The van der Waals surface area contributed by atoms with Crippen LogP contribution in [0.3, 0.4) is 0 Å². The lowest BCUT2D eigenvalue weighted by molar-refractivity contribution is 0.176. The summed E-state index contributed by atoms with van der Waals surface area (Å²) in [6.07, 6.45) is 7.52. The van der Waals surface area contributed by atoms with Crippen molar-refractivity contribution in [3.8, 4) is 0 Å². The Morgan fingerprint density at radius 1 is 1.20 bits per heavy atom. The molecule has 0 radical (unpaired) electrons. The smallest absolute Gasteiger partial charge is 0.123 e. The Morgan fingerprint density at radius 2 is 1.90 bits per heavy atom. The second kappa shape index (κ2) is 6.71. The highest BCUT2D eigenvalue weighted by Gasteiger charge is 2.32. The Bertz CT molecular complexity index is 433. The van der Waals surface area contributed by atoms with Gasteiger partial charge in [0.2, 0.25) is 0 Å². The van der Waals surface area contributed by atoms with E-state index in [0.717, 1.165) is 13.0 Å². The minimum absolute atomic E-state index is 0.103.